The molecule has 0 unspecified atom stereocenters. The normalized spacial score (nSPS) is 9.64. The number of thiocarbonyl (C=S) groups is 1. The maximum Gasteiger partial charge on any atom is 0.248 e. The third-order valence-electron chi connectivity index (χ3n) is 2.41. The first kappa shape index (κ1) is 17.6. The molecule has 0 heterocycles. The summed E-state index contributed by atoms with van der Waals surface area (Å²) in [6.07, 6.45) is 0. The molecule has 0 atom stereocenters. The molecule has 0 saturated heterocycles. The van der Waals surface area contributed by atoms with Gasteiger partial charge in [0.1, 0.15) is 4.99 Å². The van der Waals surface area contributed by atoms with Gasteiger partial charge in [-0.05, 0) is 36.4 Å². The van der Waals surface area contributed by atoms with Crippen molar-refractivity contribution in [2.75, 3.05) is 0 Å². The minimum Gasteiger partial charge on any atom is -0.389 e. The number of carbonyl (C=O) groups excluding carboxylic acids is 1. The lowest BCUT2D eigenvalue weighted by molar-refractivity contribution is 0.0999. The molecule has 2 aromatic carbocycles. The first-order valence-corrected chi connectivity index (χ1v) is 6.13. The lowest BCUT2D eigenvalue weighted by Gasteiger charge is -1.97. The molecule has 0 spiro atoms. The van der Waals surface area contributed by atoms with E-state index in [1.54, 1.807) is 0 Å². The van der Waals surface area contributed by atoms with Gasteiger partial charge in [-0.25, -0.2) is 17.6 Å². The minimum absolute atomic E-state index is 0.0381. The molecule has 22 heavy (non-hydrogen) atoms. The summed E-state index contributed by atoms with van der Waals surface area (Å²) < 4.78 is 49.3. The summed E-state index contributed by atoms with van der Waals surface area (Å²) in [5, 5.41) is 0. The van der Waals surface area contributed by atoms with Crippen molar-refractivity contribution in [1.29, 1.82) is 0 Å². The van der Waals surface area contributed by atoms with Gasteiger partial charge < -0.3 is 11.5 Å². The topological polar surface area (TPSA) is 69.1 Å². The molecule has 0 fully saturated rings. The molecular formula is C14H10F4N2OS. The third-order valence-corrected chi connectivity index (χ3v) is 2.64. The van der Waals surface area contributed by atoms with Crippen molar-refractivity contribution in [2.24, 2.45) is 11.5 Å². The van der Waals surface area contributed by atoms with Crippen LogP contribution in [0.3, 0.4) is 0 Å². The van der Waals surface area contributed by atoms with E-state index in [4.69, 9.17) is 11.5 Å². The molecule has 0 aromatic heterocycles. The molecule has 0 aliphatic rings. The van der Waals surface area contributed by atoms with Crippen molar-refractivity contribution < 1.29 is 22.4 Å². The average Bonchev–Trinajstić information content (AvgIpc) is 2.45. The maximum absolute atomic E-state index is 12.4. The Morgan fingerprint density at radius 1 is 0.773 bits per heavy atom. The summed E-state index contributed by atoms with van der Waals surface area (Å²) in [5.41, 5.74) is 10.3. The Hall–Kier alpha value is -2.48. The summed E-state index contributed by atoms with van der Waals surface area (Å²) in [6, 6.07) is 6.04. The number of rotatable bonds is 2. The second-order valence-electron chi connectivity index (χ2n) is 3.99. The van der Waals surface area contributed by atoms with Gasteiger partial charge in [-0.2, -0.15) is 0 Å². The standard InChI is InChI=1S/C7H5F2NO.C7H5F2NS/c2*8-5-2-1-4(7(10)11)3-6(5)9/h2*1-3H,(H2,10,11). The molecule has 0 radical (unpaired) electrons. The van der Waals surface area contributed by atoms with Gasteiger partial charge in [0, 0.05) is 11.1 Å². The first-order chi connectivity index (χ1) is 10.2. The highest BCUT2D eigenvalue weighted by molar-refractivity contribution is 7.80. The van der Waals surface area contributed by atoms with Crippen LogP contribution in [0.2, 0.25) is 0 Å². The number of primary amides is 1. The van der Waals surface area contributed by atoms with Crippen molar-refractivity contribution in [3.05, 3.63) is 70.8 Å². The molecule has 116 valence electrons. The predicted molar refractivity (Wildman–Crippen MR) is 77.1 cm³/mol. The molecule has 0 aliphatic heterocycles. The van der Waals surface area contributed by atoms with Crippen LogP contribution in [0.15, 0.2) is 36.4 Å². The number of halogens is 4. The molecule has 2 aromatic rings. The van der Waals surface area contributed by atoms with Crippen LogP contribution in [0.5, 0.6) is 0 Å². The fourth-order valence-electron chi connectivity index (χ4n) is 1.30. The van der Waals surface area contributed by atoms with Crippen LogP contribution in [-0.2, 0) is 0 Å². The maximum atomic E-state index is 12.4. The van der Waals surface area contributed by atoms with Crippen molar-refractivity contribution in [1.82, 2.24) is 0 Å². The van der Waals surface area contributed by atoms with Crippen molar-refractivity contribution in [3.8, 4) is 0 Å². The molecular weight excluding hydrogens is 320 g/mol. The second kappa shape index (κ2) is 7.51. The summed E-state index contributed by atoms with van der Waals surface area (Å²) in [7, 11) is 0. The van der Waals surface area contributed by atoms with Crippen molar-refractivity contribution in [2.45, 2.75) is 0 Å². The van der Waals surface area contributed by atoms with E-state index in [0.29, 0.717) is 5.56 Å². The van der Waals surface area contributed by atoms with Gasteiger partial charge in [-0.1, -0.05) is 12.2 Å². The monoisotopic (exact) mass is 330 g/mol. The summed E-state index contributed by atoms with van der Waals surface area (Å²) in [6.45, 7) is 0. The summed E-state index contributed by atoms with van der Waals surface area (Å²) in [5.74, 6) is -4.67. The van der Waals surface area contributed by atoms with E-state index in [2.05, 4.69) is 12.2 Å². The molecule has 4 N–H and O–H groups in total. The third kappa shape index (κ3) is 4.81. The number of benzene rings is 2. The number of hydrogen-bond donors (Lipinski definition) is 2. The van der Waals surface area contributed by atoms with Gasteiger partial charge in [0.15, 0.2) is 23.3 Å². The molecule has 3 nitrogen and oxygen atoms in total. The fourth-order valence-corrected chi connectivity index (χ4v) is 1.43. The van der Waals surface area contributed by atoms with Crippen LogP contribution in [0.1, 0.15) is 15.9 Å². The van der Waals surface area contributed by atoms with E-state index >= 15 is 0 Å². The Morgan fingerprint density at radius 2 is 1.18 bits per heavy atom. The molecule has 0 saturated carbocycles. The van der Waals surface area contributed by atoms with E-state index in [1.165, 1.54) is 6.07 Å². The van der Waals surface area contributed by atoms with Gasteiger partial charge in [-0.15, -0.1) is 0 Å². The zero-order valence-corrected chi connectivity index (χ0v) is 11.8. The largest absolute Gasteiger partial charge is 0.389 e. The molecule has 0 aliphatic carbocycles. The average molecular weight is 330 g/mol. The van der Waals surface area contributed by atoms with E-state index in [9.17, 15) is 22.4 Å². The smallest absolute Gasteiger partial charge is 0.248 e. The first-order valence-electron chi connectivity index (χ1n) is 5.72. The number of nitrogens with two attached hydrogens (primary N) is 2. The van der Waals surface area contributed by atoms with E-state index in [1.807, 2.05) is 0 Å². The van der Waals surface area contributed by atoms with Crippen molar-refractivity contribution in [3.63, 3.8) is 0 Å². The Bertz CT molecular complexity index is 660. The second-order valence-corrected chi connectivity index (χ2v) is 4.43. The van der Waals surface area contributed by atoms with Crippen LogP contribution in [0.25, 0.3) is 0 Å². The lowest BCUT2D eigenvalue weighted by atomic mass is 10.2. The van der Waals surface area contributed by atoms with Gasteiger partial charge in [0.25, 0.3) is 0 Å². The van der Waals surface area contributed by atoms with Crippen LogP contribution in [0.4, 0.5) is 17.6 Å². The van der Waals surface area contributed by atoms with Crippen molar-refractivity contribution >= 4 is 23.1 Å². The van der Waals surface area contributed by atoms with E-state index < -0.39 is 29.2 Å². The minimum atomic E-state index is -1.07. The summed E-state index contributed by atoms with van der Waals surface area (Å²) in [4.78, 5) is 10.5. The highest BCUT2D eigenvalue weighted by atomic mass is 32.1. The SMILES string of the molecule is NC(=O)c1ccc(F)c(F)c1.NC(=S)c1ccc(F)c(F)c1. The van der Waals surface area contributed by atoms with Crippen LogP contribution in [0, 0.1) is 23.3 Å². The van der Waals surface area contributed by atoms with Gasteiger partial charge in [0.05, 0.1) is 0 Å². The highest BCUT2D eigenvalue weighted by Crippen LogP contribution is 2.08. The van der Waals surface area contributed by atoms with E-state index in [0.717, 1.165) is 30.3 Å². The van der Waals surface area contributed by atoms with Crippen LogP contribution >= 0.6 is 12.2 Å². The zero-order chi connectivity index (χ0) is 16.9. The van der Waals surface area contributed by atoms with Crippen LogP contribution in [-0.4, -0.2) is 10.9 Å². The van der Waals surface area contributed by atoms with Gasteiger partial charge in [0.2, 0.25) is 5.91 Å². The number of hydrogen-bond acceptors (Lipinski definition) is 2. The van der Waals surface area contributed by atoms with E-state index in [-0.39, 0.29) is 10.6 Å². The molecule has 1 amide bonds. The quantitative estimate of drug-likeness (QED) is 0.657. The Labute approximate surface area is 128 Å². The highest BCUT2D eigenvalue weighted by Gasteiger charge is 2.05. The van der Waals surface area contributed by atoms with Gasteiger partial charge >= 0.3 is 0 Å². The number of carbonyl (C=O) groups is 1. The lowest BCUT2D eigenvalue weighted by Crippen LogP contribution is -2.11. The van der Waals surface area contributed by atoms with Gasteiger partial charge in [-0.3, -0.25) is 4.79 Å². The Balaban J connectivity index is 0.000000220. The zero-order valence-electron chi connectivity index (χ0n) is 10.9. The number of amides is 1. The van der Waals surface area contributed by atoms with Crippen LogP contribution < -0.4 is 11.5 Å². The molecule has 2 rings (SSSR count). The summed E-state index contributed by atoms with van der Waals surface area (Å²) >= 11 is 4.55. The molecule has 0 bridgehead atoms. The Morgan fingerprint density at radius 3 is 1.55 bits per heavy atom. The predicted octanol–water partition coefficient (Wildman–Crippen LogP) is 2.66. The Kier molecular flexibility index (Phi) is 6.00. The molecule has 8 heteroatoms. The fraction of sp³-hybridized carbons (Fsp3) is 0.